The van der Waals surface area contributed by atoms with Crippen molar-refractivity contribution in [2.24, 2.45) is 5.10 Å². The van der Waals surface area contributed by atoms with Crippen LogP contribution in [-0.2, 0) is 0 Å². The van der Waals surface area contributed by atoms with E-state index < -0.39 is 4.92 Å². The zero-order valence-corrected chi connectivity index (χ0v) is 13.7. The lowest BCUT2D eigenvalue weighted by atomic mass is 10.2. The smallest absolute Gasteiger partial charge is 0.284 e. The summed E-state index contributed by atoms with van der Waals surface area (Å²) >= 11 is 1.41. The van der Waals surface area contributed by atoms with Crippen LogP contribution in [0.3, 0.4) is 0 Å². The molecule has 0 atom stereocenters. The number of anilines is 1. The SMILES string of the molecule is Cc1sc2nc(N)n(/N=C/c3ccc([N+](=O)[O-])cc3)c(=O)c2c1C. The Morgan fingerprint density at radius 1 is 1.33 bits per heavy atom. The average Bonchev–Trinajstić information content (AvgIpc) is 2.82. The van der Waals surface area contributed by atoms with Gasteiger partial charge in [0.1, 0.15) is 4.83 Å². The molecule has 2 aromatic heterocycles. The maximum atomic E-state index is 12.6. The van der Waals surface area contributed by atoms with E-state index in [1.165, 1.54) is 41.8 Å². The number of hydrogen-bond donors (Lipinski definition) is 1. The van der Waals surface area contributed by atoms with Crippen molar-refractivity contribution in [3.05, 3.63) is 60.7 Å². The van der Waals surface area contributed by atoms with Crippen molar-refractivity contribution in [3.8, 4) is 0 Å². The second-order valence-electron chi connectivity index (χ2n) is 5.14. The number of rotatable bonds is 3. The van der Waals surface area contributed by atoms with Gasteiger partial charge in [-0.2, -0.15) is 9.78 Å². The van der Waals surface area contributed by atoms with E-state index in [9.17, 15) is 14.9 Å². The van der Waals surface area contributed by atoms with Gasteiger partial charge in [0.15, 0.2) is 0 Å². The fraction of sp³-hybridized carbons (Fsp3) is 0.133. The lowest BCUT2D eigenvalue weighted by Gasteiger charge is -2.03. The maximum Gasteiger partial charge on any atom is 0.284 e. The zero-order chi connectivity index (χ0) is 17.4. The monoisotopic (exact) mass is 343 g/mol. The summed E-state index contributed by atoms with van der Waals surface area (Å²) < 4.78 is 1.03. The van der Waals surface area contributed by atoms with Gasteiger partial charge in [0.05, 0.1) is 16.5 Å². The summed E-state index contributed by atoms with van der Waals surface area (Å²) in [6.45, 7) is 3.78. The van der Waals surface area contributed by atoms with E-state index >= 15 is 0 Å². The van der Waals surface area contributed by atoms with Gasteiger partial charge in [-0.1, -0.05) is 0 Å². The molecule has 8 nitrogen and oxygen atoms in total. The molecule has 0 aliphatic heterocycles. The van der Waals surface area contributed by atoms with Crippen LogP contribution in [0.5, 0.6) is 0 Å². The van der Waals surface area contributed by atoms with Gasteiger partial charge in [-0.25, -0.2) is 4.98 Å². The van der Waals surface area contributed by atoms with Gasteiger partial charge in [0, 0.05) is 17.0 Å². The molecule has 0 unspecified atom stereocenters. The predicted octanol–water partition coefficient (Wildman–Crippen LogP) is 2.45. The van der Waals surface area contributed by atoms with Crippen molar-refractivity contribution in [1.82, 2.24) is 9.66 Å². The molecule has 2 N–H and O–H groups in total. The minimum atomic E-state index is -0.483. The number of nitrogens with two attached hydrogens (primary N) is 1. The van der Waals surface area contributed by atoms with Gasteiger partial charge in [0.25, 0.3) is 11.2 Å². The van der Waals surface area contributed by atoms with Crippen LogP contribution in [0.1, 0.15) is 16.0 Å². The summed E-state index contributed by atoms with van der Waals surface area (Å²) in [7, 11) is 0. The molecule has 1 aromatic carbocycles. The van der Waals surface area contributed by atoms with E-state index in [-0.39, 0.29) is 17.2 Å². The number of nitro benzene ring substituents is 1. The Labute approximate surface area is 140 Å². The van der Waals surface area contributed by atoms with E-state index in [0.717, 1.165) is 15.1 Å². The highest BCUT2D eigenvalue weighted by Gasteiger charge is 2.14. The summed E-state index contributed by atoms with van der Waals surface area (Å²) in [6, 6.07) is 5.80. The molecular formula is C15H13N5O3S. The molecule has 3 rings (SSSR count). The zero-order valence-electron chi connectivity index (χ0n) is 12.9. The molecule has 9 heteroatoms. The second kappa shape index (κ2) is 5.85. The topological polar surface area (TPSA) is 116 Å². The Morgan fingerprint density at radius 3 is 2.62 bits per heavy atom. The number of nitrogen functional groups attached to an aromatic ring is 1. The molecule has 0 aliphatic rings. The molecule has 2 heterocycles. The third kappa shape index (κ3) is 2.65. The first-order valence-corrected chi connectivity index (χ1v) is 7.77. The molecule has 24 heavy (non-hydrogen) atoms. The Balaban J connectivity index is 2.05. The first-order valence-electron chi connectivity index (χ1n) is 6.95. The molecule has 0 amide bonds. The third-order valence-corrected chi connectivity index (χ3v) is 4.73. The number of non-ortho nitro benzene ring substituents is 1. The minimum Gasteiger partial charge on any atom is -0.368 e. The molecule has 0 radical (unpaired) electrons. The largest absolute Gasteiger partial charge is 0.368 e. The molecule has 3 aromatic rings. The van der Waals surface area contributed by atoms with E-state index in [2.05, 4.69) is 10.1 Å². The van der Waals surface area contributed by atoms with Gasteiger partial charge in [-0.3, -0.25) is 14.9 Å². The second-order valence-corrected chi connectivity index (χ2v) is 6.35. The van der Waals surface area contributed by atoms with Crippen LogP contribution in [0.2, 0.25) is 0 Å². The van der Waals surface area contributed by atoms with Crippen molar-refractivity contribution < 1.29 is 4.92 Å². The van der Waals surface area contributed by atoms with Gasteiger partial charge in [0.2, 0.25) is 5.95 Å². The number of hydrogen-bond acceptors (Lipinski definition) is 7. The Morgan fingerprint density at radius 2 is 2.00 bits per heavy atom. The highest BCUT2D eigenvalue weighted by Crippen LogP contribution is 2.26. The minimum absolute atomic E-state index is 0.00749. The molecule has 0 bridgehead atoms. The Bertz CT molecular complexity index is 1030. The van der Waals surface area contributed by atoms with Crippen LogP contribution in [0.15, 0.2) is 34.2 Å². The van der Waals surface area contributed by atoms with Gasteiger partial charge in [-0.05, 0) is 37.1 Å². The van der Waals surface area contributed by atoms with E-state index in [0.29, 0.717) is 15.8 Å². The predicted molar refractivity (Wildman–Crippen MR) is 93.9 cm³/mol. The number of thiophene rings is 1. The van der Waals surface area contributed by atoms with Crippen molar-refractivity contribution in [3.63, 3.8) is 0 Å². The van der Waals surface area contributed by atoms with Crippen LogP contribution >= 0.6 is 11.3 Å². The highest BCUT2D eigenvalue weighted by molar-refractivity contribution is 7.18. The highest BCUT2D eigenvalue weighted by atomic mass is 32.1. The lowest BCUT2D eigenvalue weighted by Crippen LogP contribution is -2.21. The third-order valence-electron chi connectivity index (χ3n) is 3.63. The van der Waals surface area contributed by atoms with Crippen LogP contribution in [-0.4, -0.2) is 20.8 Å². The van der Waals surface area contributed by atoms with Gasteiger partial charge in [-0.15, -0.1) is 11.3 Å². The number of nitrogens with zero attached hydrogens (tertiary/aromatic N) is 4. The summed E-state index contributed by atoms with van der Waals surface area (Å²) in [6.07, 6.45) is 1.41. The van der Waals surface area contributed by atoms with Crippen LogP contribution in [0.4, 0.5) is 11.6 Å². The van der Waals surface area contributed by atoms with Gasteiger partial charge < -0.3 is 5.73 Å². The number of aryl methyl sites for hydroxylation is 2. The Hall–Kier alpha value is -3.07. The lowest BCUT2D eigenvalue weighted by molar-refractivity contribution is -0.384. The first-order chi connectivity index (χ1) is 11.4. The quantitative estimate of drug-likeness (QED) is 0.445. The van der Waals surface area contributed by atoms with Crippen molar-refractivity contribution in [2.75, 3.05) is 5.73 Å². The van der Waals surface area contributed by atoms with Crippen molar-refractivity contribution >= 4 is 39.4 Å². The van der Waals surface area contributed by atoms with Crippen LogP contribution in [0.25, 0.3) is 10.2 Å². The Kier molecular flexibility index (Phi) is 3.86. The summed E-state index contributed by atoms with van der Waals surface area (Å²) in [5.74, 6) is -0.00749. The van der Waals surface area contributed by atoms with Crippen LogP contribution < -0.4 is 11.3 Å². The number of fused-ring (bicyclic) bond motifs is 1. The molecular weight excluding hydrogens is 330 g/mol. The molecule has 122 valence electrons. The molecule has 0 aliphatic carbocycles. The number of nitro groups is 1. The fourth-order valence-electron chi connectivity index (χ4n) is 2.22. The summed E-state index contributed by atoms with van der Waals surface area (Å²) in [4.78, 5) is 28.6. The van der Waals surface area contributed by atoms with Crippen molar-refractivity contribution in [1.29, 1.82) is 0 Å². The molecule has 0 fully saturated rings. The van der Waals surface area contributed by atoms with E-state index in [1.54, 1.807) is 0 Å². The number of aromatic nitrogens is 2. The van der Waals surface area contributed by atoms with E-state index in [4.69, 9.17) is 5.73 Å². The molecule has 0 saturated heterocycles. The maximum absolute atomic E-state index is 12.6. The number of benzene rings is 1. The first kappa shape index (κ1) is 15.8. The van der Waals surface area contributed by atoms with E-state index in [1.807, 2.05) is 13.8 Å². The van der Waals surface area contributed by atoms with Crippen molar-refractivity contribution in [2.45, 2.75) is 13.8 Å². The van der Waals surface area contributed by atoms with Crippen LogP contribution in [0, 0.1) is 24.0 Å². The normalized spacial score (nSPS) is 11.4. The molecule has 0 spiro atoms. The average molecular weight is 343 g/mol. The standard InChI is InChI=1S/C15H13N5O3S/c1-8-9(2)24-13-12(8)14(21)19(15(16)18-13)17-7-10-3-5-11(6-4-10)20(22)23/h3-7H,1-2H3,(H2,16,18)/b17-7+. The molecule has 0 saturated carbocycles. The summed E-state index contributed by atoms with van der Waals surface area (Å²) in [5, 5.41) is 15.2. The van der Waals surface area contributed by atoms with Gasteiger partial charge >= 0.3 is 0 Å². The fourth-order valence-corrected chi connectivity index (χ4v) is 3.25. The summed E-state index contributed by atoms with van der Waals surface area (Å²) in [5.41, 5.74) is 6.95.